The molecule has 1 N–H and O–H groups in total. The van der Waals surface area contributed by atoms with Crippen LogP contribution in [0.1, 0.15) is 41.0 Å². The van der Waals surface area contributed by atoms with Crippen LogP contribution in [0.4, 0.5) is 13.2 Å². The maximum absolute atomic E-state index is 12.9. The zero-order valence-electron chi connectivity index (χ0n) is 12.0. The lowest BCUT2D eigenvalue weighted by molar-refractivity contribution is -0.137. The normalized spacial score (nSPS) is 13.4. The predicted octanol–water partition coefficient (Wildman–Crippen LogP) is 5.16. The first-order valence-corrected chi connectivity index (χ1v) is 7.75. The summed E-state index contributed by atoms with van der Waals surface area (Å²) in [5.74, 6) is 0. The second kappa shape index (κ2) is 6.62. The van der Waals surface area contributed by atoms with Crippen molar-refractivity contribution in [3.8, 4) is 0 Å². The molecule has 2 rings (SSSR count). The molecule has 2 aromatic rings. The van der Waals surface area contributed by atoms with Crippen LogP contribution in [-0.4, -0.2) is 6.54 Å². The number of hydrogen-bond donors (Lipinski definition) is 1. The highest BCUT2D eigenvalue weighted by atomic mass is 32.1. The molecule has 0 saturated carbocycles. The molecule has 114 valence electrons. The molecule has 5 heteroatoms. The fourth-order valence-electron chi connectivity index (χ4n) is 2.23. The standard InChI is InChI=1S/C16H18F3NS/c1-3-7-20-15(13-8-11(2)21-10-13)12-5-4-6-14(9-12)16(17,18)19/h4-6,8-10,15,20H,3,7H2,1-2H3. The zero-order valence-corrected chi connectivity index (χ0v) is 12.8. The van der Waals surface area contributed by atoms with Crippen LogP contribution in [0, 0.1) is 6.92 Å². The Kier molecular flexibility index (Phi) is 5.06. The predicted molar refractivity (Wildman–Crippen MR) is 80.6 cm³/mol. The summed E-state index contributed by atoms with van der Waals surface area (Å²) < 4.78 is 38.6. The van der Waals surface area contributed by atoms with Gasteiger partial charge in [0.05, 0.1) is 11.6 Å². The van der Waals surface area contributed by atoms with E-state index >= 15 is 0 Å². The van der Waals surface area contributed by atoms with E-state index in [2.05, 4.69) is 5.32 Å². The molecule has 0 bridgehead atoms. The van der Waals surface area contributed by atoms with Crippen LogP contribution in [0.3, 0.4) is 0 Å². The van der Waals surface area contributed by atoms with E-state index in [1.54, 1.807) is 17.4 Å². The maximum Gasteiger partial charge on any atom is 0.416 e. The van der Waals surface area contributed by atoms with Crippen LogP contribution in [0.25, 0.3) is 0 Å². The van der Waals surface area contributed by atoms with E-state index in [9.17, 15) is 13.2 Å². The van der Waals surface area contributed by atoms with Crippen LogP contribution in [0.15, 0.2) is 35.7 Å². The third-order valence-corrected chi connectivity index (χ3v) is 4.11. The molecule has 1 nitrogen and oxygen atoms in total. The van der Waals surface area contributed by atoms with Crippen LogP contribution in [-0.2, 0) is 6.18 Å². The number of halogens is 3. The Balaban J connectivity index is 2.37. The number of thiophene rings is 1. The second-order valence-corrected chi connectivity index (χ2v) is 6.12. The Bertz CT molecular complexity index is 589. The highest BCUT2D eigenvalue weighted by molar-refractivity contribution is 7.10. The van der Waals surface area contributed by atoms with Gasteiger partial charge in [-0.3, -0.25) is 0 Å². The van der Waals surface area contributed by atoms with Crippen LogP contribution >= 0.6 is 11.3 Å². The largest absolute Gasteiger partial charge is 0.416 e. The maximum atomic E-state index is 12.9. The van der Waals surface area contributed by atoms with Gasteiger partial charge < -0.3 is 5.32 Å². The van der Waals surface area contributed by atoms with Crippen molar-refractivity contribution < 1.29 is 13.2 Å². The lowest BCUT2D eigenvalue weighted by Gasteiger charge is -2.19. The number of benzene rings is 1. The highest BCUT2D eigenvalue weighted by Gasteiger charge is 2.31. The molecule has 1 aromatic heterocycles. The van der Waals surface area contributed by atoms with Crippen molar-refractivity contribution in [1.82, 2.24) is 5.32 Å². The number of aryl methyl sites for hydroxylation is 1. The molecule has 0 spiro atoms. The van der Waals surface area contributed by atoms with Crippen molar-refractivity contribution in [2.45, 2.75) is 32.5 Å². The average Bonchev–Trinajstić information content (AvgIpc) is 2.85. The van der Waals surface area contributed by atoms with Crippen molar-refractivity contribution >= 4 is 11.3 Å². The molecule has 0 aliphatic carbocycles. The van der Waals surface area contributed by atoms with Crippen molar-refractivity contribution in [2.24, 2.45) is 0 Å². The molecule has 0 amide bonds. The minimum absolute atomic E-state index is 0.197. The summed E-state index contributed by atoms with van der Waals surface area (Å²) in [6.07, 6.45) is -3.38. The number of rotatable bonds is 5. The Morgan fingerprint density at radius 2 is 1.95 bits per heavy atom. The van der Waals surface area contributed by atoms with Crippen LogP contribution < -0.4 is 5.32 Å². The van der Waals surface area contributed by atoms with Crippen molar-refractivity contribution in [1.29, 1.82) is 0 Å². The topological polar surface area (TPSA) is 12.0 Å². The zero-order chi connectivity index (χ0) is 15.5. The molecule has 0 radical (unpaired) electrons. The van der Waals surface area contributed by atoms with Gasteiger partial charge in [-0.2, -0.15) is 13.2 Å². The SMILES string of the molecule is CCCNC(c1cccc(C(F)(F)F)c1)c1csc(C)c1. The summed E-state index contributed by atoms with van der Waals surface area (Å²) in [5, 5.41) is 5.34. The Labute approximate surface area is 126 Å². The van der Waals surface area contributed by atoms with Gasteiger partial charge in [0.2, 0.25) is 0 Å². The van der Waals surface area contributed by atoms with Gasteiger partial charge in [-0.15, -0.1) is 11.3 Å². The second-order valence-electron chi connectivity index (χ2n) is 5.00. The monoisotopic (exact) mass is 313 g/mol. The van der Waals surface area contributed by atoms with E-state index in [1.165, 1.54) is 12.1 Å². The molecule has 1 aromatic carbocycles. The van der Waals surface area contributed by atoms with E-state index in [4.69, 9.17) is 0 Å². The number of alkyl halides is 3. The van der Waals surface area contributed by atoms with Crippen molar-refractivity contribution in [2.75, 3.05) is 6.54 Å². The molecule has 1 unspecified atom stereocenters. The van der Waals surface area contributed by atoms with Gasteiger partial charge in [-0.25, -0.2) is 0 Å². The van der Waals surface area contributed by atoms with Gasteiger partial charge in [-0.1, -0.05) is 19.1 Å². The molecule has 21 heavy (non-hydrogen) atoms. The lowest BCUT2D eigenvalue weighted by atomic mass is 9.98. The molecule has 1 heterocycles. The molecule has 1 atom stereocenters. The summed E-state index contributed by atoms with van der Waals surface area (Å²) in [4.78, 5) is 1.15. The lowest BCUT2D eigenvalue weighted by Crippen LogP contribution is -2.23. The minimum atomic E-state index is -4.31. The van der Waals surface area contributed by atoms with E-state index in [0.717, 1.165) is 29.5 Å². The summed E-state index contributed by atoms with van der Waals surface area (Å²) in [5.41, 5.74) is 1.07. The van der Waals surface area contributed by atoms with Gasteiger partial charge in [-0.05, 0) is 54.6 Å². The fourth-order valence-corrected chi connectivity index (χ4v) is 2.96. The third kappa shape index (κ3) is 4.08. The fraction of sp³-hybridized carbons (Fsp3) is 0.375. The molecule has 0 saturated heterocycles. The van der Waals surface area contributed by atoms with E-state index in [1.807, 2.05) is 25.3 Å². The molecule has 0 aliphatic heterocycles. The Hall–Kier alpha value is -1.33. The van der Waals surface area contributed by atoms with E-state index < -0.39 is 11.7 Å². The van der Waals surface area contributed by atoms with Crippen molar-refractivity contribution in [3.05, 3.63) is 57.3 Å². The third-order valence-electron chi connectivity index (χ3n) is 3.23. The molecular formula is C16H18F3NS. The molecule has 0 fully saturated rings. The summed E-state index contributed by atoms with van der Waals surface area (Å²) in [6.45, 7) is 4.79. The summed E-state index contributed by atoms with van der Waals surface area (Å²) >= 11 is 1.61. The number of hydrogen-bond acceptors (Lipinski definition) is 2. The number of nitrogens with one attached hydrogen (secondary N) is 1. The van der Waals surface area contributed by atoms with Gasteiger partial charge in [0.15, 0.2) is 0 Å². The first-order chi connectivity index (χ1) is 9.91. The van der Waals surface area contributed by atoms with E-state index in [0.29, 0.717) is 5.56 Å². The van der Waals surface area contributed by atoms with Gasteiger partial charge in [0, 0.05) is 4.88 Å². The highest BCUT2D eigenvalue weighted by Crippen LogP contribution is 2.33. The van der Waals surface area contributed by atoms with Crippen LogP contribution in [0.5, 0.6) is 0 Å². The van der Waals surface area contributed by atoms with Crippen molar-refractivity contribution in [3.63, 3.8) is 0 Å². The Morgan fingerprint density at radius 3 is 2.52 bits per heavy atom. The molecular weight excluding hydrogens is 295 g/mol. The minimum Gasteiger partial charge on any atom is -0.306 e. The molecule has 0 aliphatic rings. The van der Waals surface area contributed by atoms with Gasteiger partial charge >= 0.3 is 6.18 Å². The Morgan fingerprint density at radius 1 is 1.19 bits per heavy atom. The quantitative estimate of drug-likeness (QED) is 0.803. The first kappa shape index (κ1) is 16.0. The van der Waals surface area contributed by atoms with Gasteiger partial charge in [0.25, 0.3) is 0 Å². The van der Waals surface area contributed by atoms with Crippen LogP contribution in [0.2, 0.25) is 0 Å². The first-order valence-electron chi connectivity index (χ1n) is 6.87. The van der Waals surface area contributed by atoms with Gasteiger partial charge in [0.1, 0.15) is 0 Å². The summed E-state index contributed by atoms with van der Waals surface area (Å²) in [6, 6.07) is 7.39. The average molecular weight is 313 g/mol. The smallest absolute Gasteiger partial charge is 0.306 e. The summed E-state index contributed by atoms with van der Waals surface area (Å²) in [7, 11) is 0. The van der Waals surface area contributed by atoms with E-state index in [-0.39, 0.29) is 6.04 Å².